The Bertz CT molecular complexity index is 1390. The van der Waals surface area contributed by atoms with E-state index in [9.17, 15) is 22.8 Å². The normalized spacial score (nSPS) is 17.4. The smallest absolute Gasteiger partial charge is 0.435 e. The highest BCUT2D eigenvalue weighted by atomic mass is 19.4. The van der Waals surface area contributed by atoms with Gasteiger partial charge in [0.2, 0.25) is 5.91 Å². The van der Waals surface area contributed by atoms with Gasteiger partial charge in [0, 0.05) is 37.6 Å². The minimum atomic E-state index is -4.78. The highest BCUT2D eigenvalue weighted by molar-refractivity contribution is 6.07. The van der Waals surface area contributed by atoms with Crippen molar-refractivity contribution in [3.8, 4) is 0 Å². The monoisotopic (exact) mass is 565 g/mol. The summed E-state index contributed by atoms with van der Waals surface area (Å²) < 4.78 is 46.6. The molecule has 0 atom stereocenters. The molecule has 214 valence electrons. The van der Waals surface area contributed by atoms with E-state index in [0.717, 1.165) is 17.3 Å². The third-order valence-electron chi connectivity index (χ3n) is 6.64. The number of ether oxygens (including phenoxy) is 1. The summed E-state index contributed by atoms with van der Waals surface area (Å²) in [6.07, 6.45) is -1.75. The van der Waals surface area contributed by atoms with Gasteiger partial charge in [-0.05, 0) is 48.2 Å². The number of hydrogen-bond acceptors (Lipinski definition) is 7. The Labute approximate surface area is 235 Å². The summed E-state index contributed by atoms with van der Waals surface area (Å²) in [6.45, 7) is 0.504. The predicted octanol–water partition coefficient (Wildman–Crippen LogP) is 5.36. The molecule has 0 saturated heterocycles. The van der Waals surface area contributed by atoms with E-state index >= 15 is 0 Å². The topological polar surface area (TPSA) is 110 Å². The van der Waals surface area contributed by atoms with Crippen molar-refractivity contribution >= 4 is 29.1 Å². The highest BCUT2D eigenvalue weighted by Crippen LogP contribution is 2.36. The van der Waals surface area contributed by atoms with Gasteiger partial charge in [-0.1, -0.05) is 48.5 Å². The molecule has 1 saturated carbocycles. The molecule has 1 aromatic heterocycles. The molecule has 4 rings (SSSR count). The molecule has 2 aromatic carbocycles. The summed E-state index contributed by atoms with van der Waals surface area (Å²) in [4.78, 5) is 34.2. The van der Waals surface area contributed by atoms with E-state index in [-0.39, 0.29) is 36.1 Å². The van der Waals surface area contributed by atoms with Crippen molar-refractivity contribution in [2.24, 2.45) is 22.6 Å². The van der Waals surface area contributed by atoms with Gasteiger partial charge in [-0.2, -0.15) is 13.2 Å². The number of nitrogens with zero attached hydrogens (tertiary/aromatic N) is 3. The van der Waals surface area contributed by atoms with E-state index < -0.39 is 17.6 Å². The Hall–Kier alpha value is -4.67. The molecule has 0 unspecified atom stereocenters. The number of rotatable bonds is 10. The van der Waals surface area contributed by atoms with Crippen molar-refractivity contribution in [2.45, 2.75) is 32.2 Å². The molecule has 1 aliphatic carbocycles. The van der Waals surface area contributed by atoms with Gasteiger partial charge >= 0.3 is 12.1 Å². The minimum Gasteiger partial charge on any atom is -0.461 e. The molecule has 3 aromatic rings. The highest BCUT2D eigenvalue weighted by Gasteiger charge is 2.41. The van der Waals surface area contributed by atoms with Crippen molar-refractivity contribution < 1.29 is 27.5 Å². The molecule has 0 spiro atoms. The number of nitrogens with two attached hydrogens (primary N) is 1. The molecule has 0 aliphatic heterocycles. The van der Waals surface area contributed by atoms with Gasteiger partial charge in [-0.15, -0.1) is 0 Å². The van der Waals surface area contributed by atoms with Gasteiger partial charge in [0.15, 0.2) is 11.5 Å². The van der Waals surface area contributed by atoms with E-state index in [4.69, 9.17) is 10.5 Å². The second-order valence-electron chi connectivity index (χ2n) is 9.70. The van der Waals surface area contributed by atoms with Crippen LogP contribution in [0.2, 0.25) is 0 Å². The lowest BCUT2D eigenvalue weighted by atomic mass is 9.74. The van der Waals surface area contributed by atoms with E-state index in [2.05, 4.69) is 15.3 Å². The lowest BCUT2D eigenvalue weighted by molar-refractivity contribution is -0.157. The maximum absolute atomic E-state index is 13.7. The average Bonchev–Trinajstić information content (AvgIpc) is 2.94. The fraction of sp³-hybridized carbons (Fsp3) is 0.267. The lowest BCUT2D eigenvalue weighted by Crippen LogP contribution is -2.42. The molecular weight excluding hydrogens is 535 g/mol. The molecule has 41 heavy (non-hydrogen) atoms. The van der Waals surface area contributed by atoms with Crippen LogP contribution in [-0.4, -0.2) is 40.7 Å². The van der Waals surface area contributed by atoms with Crippen LogP contribution in [0.1, 0.15) is 24.0 Å². The molecule has 1 aliphatic rings. The number of nitrogens with one attached hydrogen (secondary N) is 1. The number of esters is 1. The first kappa shape index (κ1) is 29.3. The Morgan fingerprint density at radius 2 is 1.71 bits per heavy atom. The first-order chi connectivity index (χ1) is 19.6. The van der Waals surface area contributed by atoms with Gasteiger partial charge in [0.05, 0.1) is 11.6 Å². The van der Waals surface area contributed by atoms with Crippen LogP contribution in [0.25, 0.3) is 0 Å². The SMILES string of the molecule is CN(Cc1ccc(NC(=CN)C(=Nc2ccccn2)C(F)(F)F)cc1)C(=O)C1CC(C(=O)OCc2ccccc2)C1. The van der Waals surface area contributed by atoms with E-state index in [1.165, 1.54) is 18.3 Å². The predicted molar refractivity (Wildman–Crippen MR) is 149 cm³/mol. The largest absolute Gasteiger partial charge is 0.461 e. The van der Waals surface area contributed by atoms with Crippen LogP contribution in [0.5, 0.6) is 0 Å². The molecule has 11 heteroatoms. The van der Waals surface area contributed by atoms with Crippen LogP contribution in [0, 0.1) is 11.8 Å². The zero-order chi connectivity index (χ0) is 29.4. The van der Waals surface area contributed by atoms with Crippen molar-refractivity contribution in [1.29, 1.82) is 0 Å². The molecule has 1 amide bonds. The fourth-order valence-corrected chi connectivity index (χ4v) is 4.36. The molecule has 3 N–H and O–H groups in total. The van der Waals surface area contributed by atoms with Crippen LogP contribution in [0.15, 0.2) is 95.9 Å². The van der Waals surface area contributed by atoms with Gasteiger partial charge < -0.3 is 20.7 Å². The number of allylic oxidation sites excluding steroid dienone is 1. The van der Waals surface area contributed by atoms with Crippen molar-refractivity contribution in [1.82, 2.24) is 9.88 Å². The number of benzene rings is 2. The number of halogens is 3. The number of hydrogen-bond donors (Lipinski definition) is 2. The third kappa shape index (κ3) is 7.93. The van der Waals surface area contributed by atoms with Gasteiger partial charge in [0.25, 0.3) is 0 Å². The minimum absolute atomic E-state index is 0.0757. The summed E-state index contributed by atoms with van der Waals surface area (Å²) in [5.74, 6) is -1.03. The zero-order valence-electron chi connectivity index (χ0n) is 22.3. The number of alkyl halides is 3. The third-order valence-corrected chi connectivity index (χ3v) is 6.64. The van der Waals surface area contributed by atoms with Crippen LogP contribution in [-0.2, 0) is 27.5 Å². The van der Waals surface area contributed by atoms with Crippen LogP contribution in [0.4, 0.5) is 24.7 Å². The lowest BCUT2D eigenvalue weighted by Gasteiger charge is -2.35. The number of anilines is 1. The maximum Gasteiger partial charge on any atom is 0.435 e. The Kier molecular flexibility index (Phi) is 9.38. The maximum atomic E-state index is 13.7. The Morgan fingerprint density at radius 3 is 2.32 bits per heavy atom. The van der Waals surface area contributed by atoms with Crippen LogP contribution in [0.3, 0.4) is 0 Å². The number of carbonyl (C=O) groups excluding carboxylic acids is 2. The summed E-state index contributed by atoms with van der Waals surface area (Å²) in [6, 6.07) is 20.4. The Balaban J connectivity index is 1.29. The molecule has 1 fully saturated rings. The average molecular weight is 566 g/mol. The molecular formula is C30H30F3N5O3. The molecule has 0 radical (unpaired) electrons. The van der Waals surface area contributed by atoms with Gasteiger partial charge in [0.1, 0.15) is 6.61 Å². The summed E-state index contributed by atoms with van der Waals surface area (Å²) in [7, 11) is 1.68. The first-order valence-electron chi connectivity index (χ1n) is 12.9. The summed E-state index contributed by atoms with van der Waals surface area (Å²) in [5, 5.41) is 2.66. The number of carbonyl (C=O) groups is 2. The van der Waals surface area contributed by atoms with Gasteiger partial charge in [-0.25, -0.2) is 9.98 Å². The quantitative estimate of drug-likeness (QED) is 0.253. The number of aliphatic imine (C=N–C) groups is 1. The van der Waals surface area contributed by atoms with Crippen LogP contribution >= 0.6 is 0 Å². The molecule has 0 bridgehead atoms. The van der Waals surface area contributed by atoms with E-state index in [0.29, 0.717) is 25.1 Å². The Morgan fingerprint density at radius 1 is 1.02 bits per heavy atom. The van der Waals surface area contributed by atoms with E-state index in [1.807, 2.05) is 30.3 Å². The van der Waals surface area contributed by atoms with E-state index in [1.54, 1.807) is 42.3 Å². The number of amides is 1. The second-order valence-corrected chi connectivity index (χ2v) is 9.70. The van der Waals surface area contributed by atoms with Crippen LogP contribution < -0.4 is 11.1 Å². The van der Waals surface area contributed by atoms with Gasteiger partial charge in [-0.3, -0.25) is 9.59 Å². The van der Waals surface area contributed by atoms with Crippen molar-refractivity contribution in [3.05, 3.63) is 102 Å². The fourth-order valence-electron chi connectivity index (χ4n) is 4.36. The molecule has 8 nitrogen and oxygen atoms in total. The number of pyridine rings is 1. The van der Waals surface area contributed by atoms with Crippen molar-refractivity contribution in [3.63, 3.8) is 0 Å². The first-order valence-corrected chi connectivity index (χ1v) is 12.9. The summed E-state index contributed by atoms with van der Waals surface area (Å²) in [5.41, 5.74) is 5.92. The standard InChI is InChI=1S/C30H30F3N5O3/c1-38(28(39)22-15-23(16-22)29(40)41-19-21-7-3-2-4-8-21)18-20-10-12-24(13-11-20)36-25(17-34)27(30(31,32)33)37-26-9-5-6-14-35-26/h2-14,17,22-23,36H,15-16,18-19,34H2,1H3. The second kappa shape index (κ2) is 13.1. The molecule has 1 heterocycles. The zero-order valence-corrected chi connectivity index (χ0v) is 22.3. The number of aromatic nitrogens is 1. The summed E-state index contributed by atoms with van der Waals surface area (Å²) >= 11 is 0. The van der Waals surface area contributed by atoms with Crippen molar-refractivity contribution in [2.75, 3.05) is 12.4 Å².